The van der Waals surface area contributed by atoms with E-state index in [9.17, 15) is 9.18 Å². The zero-order valence-electron chi connectivity index (χ0n) is 15.1. The van der Waals surface area contributed by atoms with Crippen molar-refractivity contribution in [3.05, 3.63) is 64.6 Å². The Morgan fingerprint density at radius 2 is 2.15 bits per heavy atom. The summed E-state index contributed by atoms with van der Waals surface area (Å²) in [7, 11) is 0. The Labute approximate surface area is 162 Å². The lowest BCUT2D eigenvalue weighted by molar-refractivity contribution is -0.115. The number of Topliss-reactive ketones (excluding diaryl/α,β-unsaturated/α-hetero) is 1. The van der Waals surface area contributed by atoms with Gasteiger partial charge in [-0.2, -0.15) is 5.26 Å². The van der Waals surface area contributed by atoms with Crippen LogP contribution < -0.4 is 5.32 Å². The number of halogens is 1. The fourth-order valence-electron chi connectivity index (χ4n) is 3.11. The molecule has 0 fully saturated rings. The molecular formula is C21H20FN3OS. The number of ketones is 1. The van der Waals surface area contributed by atoms with Gasteiger partial charge in [0, 0.05) is 40.9 Å². The molecule has 2 aromatic rings. The van der Waals surface area contributed by atoms with E-state index < -0.39 is 6.67 Å². The summed E-state index contributed by atoms with van der Waals surface area (Å²) in [5, 5.41) is 12.4. The molecule has 1 aliphatic carbocycles. The normalized spacial score (nSPS) is 13.7. The first kappa shape index (κ1) is 19.1. The zero-order valence-corrected chi connectivity index (χ0v) is 15.9. The molecule has 1 aromatic heterocycles. The van der Waals surface area contributed by atoms with E-state index in [0.29, 0.717) is 30.5 Å². The van der Waals surface area contributed by atoms with Gasteiger partial charge in [-0.05, 0) is 42.0 Å². The number of nitrogens with zero attached hydrogens (tertiary/aromatic N) is 2. The molecule has 1 N–H and O–H groups in total. The number of benzene rings is 1. The van der Waals surface area contributed by atoms with Crippen LogP contribution in [-0.2, 0) is 17.9 Å². The molecule has 0 radical (unpaired) electrons. The van der Waals surface area contributed by atoms with Crippen LogP contribution in [0.2, 0.25) is 0 Å². The number of anilines is 1. The van der Waals surface area contributed by atoms with Gasteiger partial charge >= 0.3 is 0 Å². The number of carbonyl (C=O) groups is 1. The van der Waals surface area contributed by atoms with Crippen molar-refractivity contribution < 1.29 is 9.18 Å². The second-order valence-corrected chi connectivity index (χ2v) is 7.52. The standard InChI is InChI=1S/C21H20FN3OS/c1-2-27-21-9-14(13-23)3-4-15(21)10-18-19(5-6-20(18)26)25-16-7-8-24-17(11-16)12-22/h3-4,7-9,11H,2,5-6,10,12H2,1H3,(H,24,25). The maximum absolute atomic E-state index is 12.8. The zero-order chi connectivity index (χ0) is 19.2. The Hall–Kier alpha value is -2.65. The predicted molar refractivity (Wildman–Crippen MR) is 105 cm³/mol. The van der Waals surface area contributed by atoms with Gasteiger partial charge in [0.15, 0.2) is 5.78 Å². The predicted octanol–water partition coefficient (Wildman–Crippen LogP) is 4.81. The Bertz CT molecular complexity index is 933. The summed E-state index contributed by atoms with van der Waals surface area (Å²) in [6.07, 6.45) is 3.21. The van der Waals surface area contributed by atoms with E-state index in [-0.39, 0.29) is 5.78 Å². The highest BCUT2D eigenvalue weighted by atomic mass is 32.2. The Morgan fingerprint density at radius 1 is 1.30 bits per heavy atom. The molecule has 6 heteroatoms. The second-order valence-electron chi connectivity index (χ2n) is 6.22. The van der Waals surface area contributed by atoms with E-state index in [1.165, 1.54) is 0 Å². The van der Waals surface area contributed by atoms with Crippen LogP contribution in [0.5, 0.6) is 0 Å². The Morgan fingerprint density at radius 3 is 2.89 bits per heavy atom. The first-order chi connectivity index (χ1) is 13.1. The van der Waals surface area contributed by atoms with Crippen LogP contribution in [0.1, 0.15) is 36.6 Å². The number of carbonyl (C=O) groups excluding carboxylic acids is 1. The van der Waals surface area contributed by atoms with Crippen molar-refractivity contribution in [2.24, 2.45) is 0 Å². The average Bonchev–Trinajstić information content (AvgIpc) is 3.03. The molecule has 0 amide bonds. The smallest absolute Gasteiger partial charge is 0.161 e. The number of hydrogen-bond acceptors (Lipinski definition) is 5. The van der Waals surface area contributed by atoms with Gasteiger partial charge in [-0.3, -0.25) is 9.78 Å². The summed E-state index contributed by atoms with van der Waals surface area (Å²) in [4.78, 5) is 17.5. The third-order valence-electron chi connectivity index (χ3n) is 4.41. The Kier molecular flexibility index (Phi) is 6.25. The largest absolute Gasteiger partial charge is 0.358 e. The number of aromatic nitrogens is 1. The van der Waals surface area contributed by atoms with E-state index >= 15 is 0 Å². The molecule has 0 unspecified atom stereocenters. The van der Waals surface area contributed by atoms with Gasteiger partial charge < -0.3 is 5.32 Å². The van der Waals surface area contributed by atoms with Gasteiger partial charge in [0.1, 0.15) is 6.67 Å². The first-order valence-electron chi connectivity index (χ1n) is 8.83. The molecule has 138 valence electrons. The lowest BCUT2D eigenvalue weighted by Gasteiger charge is -2.13. The van der Waals surface area contributed by atoms with Crippen molar-refractivity contribution in [1.82, 2.24) is 4.98 Å². The lowest BCUT2D eigenvalue weighted by Crippen LogP contribution is -2.06. The minimum Gasteiger partial charge on any atom is -0.358 e. The summed E-state index contributed by atoms with van der Waals surface area (Å²) >= 11 is 1.67. The van der Waals surface area contributed by atoms with Gasteiger partial charge in [0.05, 0.1) is 17.3 Å². The molecular weight excluding hydrogens is 361 g/mol. The highest BCUT2D eigenvalue weighted by Crippen LogP contribution is 2.31. The third-order valence-corrected chi connectivity index (χ3v) is 5.39. The number of alkyl halides is 1. The van der Waals surface area contributed by atoms with Crippen LogP contribution in [0.25, 0.3) is 0 Å². The van der Waals surface area contributed by atoms with Crippen molar-refractivity contribution in [3.63, 3.8) is 0 Å². The van der Waals surface area contributed by atoms with Gasteiger partial charge in [0.25, 0.3) is 0 Å². The Balaban J connectivity index is 1.90. The topological polar surface area (TPSA) is 65.8 Å². The summed E-state index contributed by atoms with van der Waals surface area (Å²) in [5.74, 6) is 1.03. The van der Waals surface area contributed by atoms with Crippen LogP contribution in [0, 0.1) is 11.3 Å². The van der Waals surface area contributed by atoms with E-state index in [1.54, 1.807) is 36.2 Å². The first-order valence-corrected chi connectivity index (χ1v) is 9.82. The fourth-order valence-corrected chi connectivity index (χ4v) is 3.95. The molecule has 1 aliphatic rings. The van der Waals surface area contributed by atoms with Crippen molar-refractivity contribution >= 4 is 23.2 Å². The van der Waals surface area contributed by atoms with Gasteiger partial charge in [-0.25, -0.2) is 4.39 Å². The number of rotatable bonds is 7. The van der Waals surface area contributed by atoms with Crippen molar-refractivity contribution in [2.75, 3.05) is 11.1 Å². The minimum atomic E-state index is -0.622. The van der Waals surface area contributed by atoms with Crippen molar-refractivity contribution in [1.29, 1.82) is 5.26 Å². The average molecular weight is 381 g/mol. The van der Waals surface area contributed by atoms with E-state index in [1.807, 2.05) is 12.1 Å². The van der Waals surface area contributed by atoms with E-state index in [4.69, 9.17) is 5.26 Å². The second kappa shape index (κ2) is 8.83. The maximum atomic E-state index is 12.8. The third kappa shape index (κ3) is 4.55. The number of nitriles is 1. The molecule has 0 atom stereocenters. The fraction of sp³-hybridized carbons (Fsp3) is 0.286. The number of allylic oxidation sites excluding steroid dienone is 2. The molecule has 0 aliphatic heterocycles. The van der Waals surface area contributed by atoms with Crippen LogP contribution in [0.3, 0.4) is 0 Å². The quantitative estimate of drug-likeness (QED) is 0.698. The molecule has 0 spiro atoms. The van der Waals surface area contributed by atoms with Gasteiger partial charge in [-0.1, -0.05) is 13.0 Å². The molecule has 3 rings (SSSR count). The van der Waals surface area contributed by atoms with Crippen LogP contribution in [0.4, 0.5) is 10.1 Å². The summed E-state index contributed by atoms with van der Waals surface area (Å²) in [5.41, 5.74) is 4.41. The van der Waals surface area contributed by atoms with Gasteiger partial charge in [-0.15, -0.1) is 11.8 Å². The molecule has 4 nitrogen and oxygen atoms in total. The minimum absolute atomic E-state index is 0.133. The van der Waals surface area contributed by atoms with Gasteiger partial charge in [0.2, 0.25) is 0 Å². The molecule has 0 bridgehead atoms. The summed E-state index contributed by atoms with van der Waals surface area (Å²) in [6, 6.07) is 11.2. The molecule has 1 aromatic carbocycles. The number of hydrogen-bond donors (Lipinski definition) is 1. The molecule has 0 saturated heterocycles. The monoisotopic (exact) mass is 381 g/mol. The van der Waals surface area contributed by atoms with E-state index in [0.717, 1.165) is 33.2 Å². The summed E-state index contributed by atoms with van der Waals surface area (Å²) in [6.45, 7) is 1.44. The molecule has 0 saturated carbocycles. The van der Waals surface area contributed by atoms with E-state index in [2.05, 4.69) is 23.3 Å². The highest BCUT2D eigenvalue weighted by Gasteiger charge is 2.24. The van der Waals surface area contributed by atoms with Crippen LogP contribution >= 0.6 is 11.8 Å². The highest BCUT2D eigenvalue weighted by molar-refractivity contribution is 7.99. The number of nitrogens with one attached hydrogen (secondary N) is 1. The SMILES string of the molecule is CCSc1cc(C#N)ccc1CC1=C(Nc2ccnc(CF)c2)CCC1=O. The number of thioether (sulfide) groups is 1. The maximum Gasteiger partial charge on any atom is 0.161 e. The number of pyridine rings is 1. The van der Waals surface area contributed by atoms with Crippen molar-refractivity contribution in [2.45, 2.75) is 37.8 Å². The molecule has 27 heavy (non-hydrogen) atoms. The van der Waals surface area contributed by atoms with Crippen LogP contribution in [0.15, 0.2) is 52.7 Å². The summed E-state index contributed by atoms with van der Waals surface area (Å²) < 4.78 is 12.8. The van der Waals surface area contributed by atoms with Crippen LogP contribution in [-0.4, -0.2) is 16.5 Å². The molecule has 1 heterocycles. The van der Waals surface area contributed by atoms with Crippen molar-refractivity contribution in [3.8, 4) is 6.07 Å². The lowest BCUT2D eigenvalue weighted by atomic mass is 10.0.